The highest BCUT2D eigenvalue weighted by Crippen LogP contribution is 2.55. The van der Waals surface area contributed by atoms with Crippen LogP contribution in [0.15, 0.2) is 60.7 Å². The highest BCUT2D eigenvalue weighted by atomic mass is 35.5. The Morgan fingerprint density at radius 3 is 2.09 bits per heavy atom. The Balaban J connectivity index is 0.786. The Morgan fingerprint density at radius 1 is 0.803 bits per heavy atom. The lowest BCUT2D eigenvalue weighted by atomic mass is 9.49. The first-order valence-electron chi connectivity index (χ1n) is 22.9. The number of nitrogen functional groups attached to an aromatic ring is 1. The Morgan fingerprint density at radius 2 is 1.44 bits per heavy atom. The van der Waals surface area contributed by atoms with E-state index >= 15 is 0 Å². The molecule has 0 bridgehead atoms. The van der Waals surface area contributed by atoms with Gasteiger partial charge in [-0.05, 0) is 93.6 Å². The summed E-state index contributed by atoms with van der Waals surface area (Å²) in [7, 11) is 0. The van der Waals surface area contributed by atoms with Crippen molar-refractivity contribution in [1.29, 1.82) is 0 Å². The molecule has 3 aromatic rings. The van der Waals surface area contributed by atoms with E-state index in [-0.39, 0.29) is 52.9 Å². The van der Waals surface area contributed by atoms with E-state index in [4.69, 9.17) is 31.5 Å². The van der Waals surface area contributed by atoms with Gasteiger partial charge in [-0.25, -0.2) is 9.69 Å². The second kappa shape index (κ2) is 18.4. The van der Waals surface area contributed by atoms with Gasteiger partial charge in [-0.1, -0.05) is 39.3 Å². The summed E-state index contributed by atoms with van der Waals surface area (Å²) in [6, 6.07) is 17.1. The third-order valence-electron chi connectivity index (χ3n) is 14.0. The van der Waals surface area contributed by atoms with Crippen molar-refractivity contribution in [3.8, 4) is 5.75 Å². The minimum atomic E-state index is -1.20. The van der Waals surface area contributed by atoms with Crippen LogP contribution in [0.2, 0.25) is 5.02 Å². The number of nitrogens with one attached hydrogen (secondary N) is 1. The number of nitrogens with two attached hydrogens (primary N) is 1. The number of anilines is 3. The minimum absolute atomic E-state index is 0.0156. The predicted octanol–water partition coefficient (Wildman–Crippen LogP) is 6.21. The maximum atomic E-state index is 13.7. The molecule has 3 N–H and O–H groups in total. The molecule has 8 rings (SSSR count). The number of carbonyl (C=O) groups excluding carboxylic acids is 6. The number of carbonyl (C=O) groups is 6. The van der Waals surface area contributed by atoms with E-state index < -0.39 is 48.7 Å². The second-order valence-electron chi connectivity index (χ2n) is 19.6. The molecule has 17 heteroatoms. The molecule has 4 fully saturated rings. The van der Waals surface area contributed by atoms with Gasteiger partial charge in [0.1, 0.15) is 17.9 Å². The fourth-order valence-electron chi connectivity index (χ4n) is 10.8. The highest BCUT2D eigenvalue weighted by Gasteiger charge is 2.64. The van der Waals surface area contributed by atoms with Gasteiger partial charge < -0.3 is 35.1 Å². The van der Waals surface area contributed by atoms with Crippen LogP contribution in [0.5, 0.6) is 5.75 Å². The monoisotopic (exact) mass is 925 g/mol. The summed E-state index contributed by atoms with van der Waals surface area (Å²) in [4.78, 5) is 87.5. The second-order valence-corrected chi connectivity index (χ2v) is 20.0. The molecule has 1 saturated carbocycles. The van der Waals surface area contributed by atoms with E-state index in [0.29, 0.717) is 27.9 Å². The SMILES string of the molecule is CC(C)OC(=O)OCN1C(=O)CCC(N2C(=O)c3ccc(N4CCN(CC5CCN(c6ccc(C(=O)NC7C(C)(C)C(Oc8ccc(N)c(Cl)c8)C7(C)C)cc6)CC5)CC4)cc3C2=O)C1=O. The number of piperazine rings is 1. The number of ether oxygens (including phenoxy) is 3. The van der Waals surface area contributed by atoms with Gasteiger partial charge in [-0.15, -0.1) is 0 Å². The lowest BCUT2D eigenvalue weighted by Gasteiger charge is -2.63. The minimum Gasteiger partial charge on any atom is -0.489 e. The highest BCUT2D eigenvalue weighted by molar-refractivity contribution is 6.33. The number of halogens is 1. The molecule has 1 aliphatic carbocycles. The van der Waals surface area contributed by atoms with Gasteiger partial charge >= 0.3 is 6.16 Å². The van der Waals surface area contributed by atoms with E-state index in [9.17, 15) is 28.8 Å². The summed E-state index contributed by atoms with van der Waals surface area (Å²) in [5.41, 5.74) is 8.71. The zero-order chi connectivity index (χ0) is 47.2. The van der Waals surface area contributed by atoms with Crippen molar-refractivity contribution in [3.05, 3.63) is 82.4 Å². The number of piperidine rings is 2. The van der Waals surface area contributed by atoms with Gasteiger partial charge in [0.25, 0.3) is 23.6 Å². The molecule has 1 unspecified atom stereocenters. The van der Waals surface area contributed by atoms with Crippen LogP contribution in [0.4, 0.5) is 21.9 Å². The number of likely N-dealkylation sites (tertiary alicyclic amines) is 1. The summed E-state index contributed by atoms with van der Waals surface area (Å²) in [5.74, 6) is -1.43. The first-order valence-corrected chi connectivity index (χ1v) is 23.3. The third kappa shape index (κ3) is 9.13. The Labute approximate surface area is 390 Å². The molecular weight excluding hydrogens is 866 g/mol. The van der Waals surface area contributed by atoms with Crippen molar-refractivity contribution in [1.82, 2.24) is 20.0 Å². The molecule has 3 saturated heterocycles. The maximum Gasteiger partial charge on any atom is 0.510 e. The number of rotatable bonds is 12. The molecule has 5 amide bonds. The largest absolute Gasteiger partial charge is 0.510 e. The molecule has 0 spiro atoms. The Hall–Kier alpha value is -5.87. The van der Waals surface area contributed by atoms with Gasteiger partial charge in [0.05, 0.1) is 27.9 Å². The molecule has 0 radical (unpaired) electrons. The number of nitrogens with zero attached hydrogens (tertiary/aromatic N) is 5. The topological polar surface area (TPSA) is 184 Å². The van der Waals surface area contributed by atoms with Crippen molar-refractivity contribution in [2.24, 2.45) is 16.7 Å². The van der Waals surface area contributed by atoms with Crippen LogP contribution in [0.1, 0.15) is 98.3 Å². The van der Waals surface area contributed by atoms with Crippen LogP contribution in [-0.4, -0.2) is 127 Å². The van der Waals surface area contributed by atoms with E-state index in [1.165, 1.54) is 0 Å². The van der Waals surface area contributed by atoms with Crippen LogP contribution in [0.3, 0.4) is 0 Å². The quantitative estimate of drug-likeness (QED) is 0.119. The number of hydrogen-bond donors (Lipinski definition) is 2. The van der Waals surface area contributed by atoms with Crippen molar-refractivity contribution < 1.29 is 43.0 Å². The summed E-state index contributed by atoms with van der Waals surface area (Å²) >= 11 is 6.24. The fraction of sp³-hybridized carbons (Fsp3) is 0.510. The van der Waals surface area contributed by atoms with Crippen molar-refractivity contribution >= 4 is 64.4 Å². The first kappa shape index (κ1) is 46.7. The van der Waals surface area contributed by atoms with Crippen LogP contribution in [0.25, 0.3) is 0 Å². The Bertz CT molecular complexity index is 2380. The summed E-state index contributed by atoms with van der Waals surface area (Å²) in [6.45, 7) is 17.1. The zero-order valence-corrected chi connectivity index (χ0v) is 39.3. The Kier molecular flexibility index (Phi) is 13.0. The van der Waals surface area contributed by atoms with Crippen LogP contribution in [-0.2, 0) is 19.1 Å². The van der Waals surface area contributed by atoms with Gasteiger partial charge in [-0.2, -0.15) is 0 Å². The number of imide groups is 2. The summed E-state index contributed by atoms with van der Waals surface area (Å²) in [6.07, 6.45) is 0.366. The van der Waals surface area contributed by atoms with Crippen molar-refractivity contribution in [3.63, 3.8) is 0 Å². The van der Waals surface area contributed by atoms with Crippen LogP contribution in [0, 0.1) is 16.7 Å². The van der Waals surface area contributed by atoms with Gasteiger partial charge in [0.2, 0.25) is 5.91 Å². The van der Waals surface area contributed by atoms with Gasteiger partial charge in [0, 0.05) is 92.1 Å². The molecule has 5 aliphatic rings. The third-order valence-corrected chi connectivity index (χ3v) is 14.4. The lowest BCUT2D eigenvalue weighted by molar-refractivity contribution is -0.164. The summed E-state index contributed by atoms with van der Waals surface area (Å²) < 4.78 is 16.3. The average Bonchev–Trinajstić information content (AvgIpc) is 3.53. The van der Waals surface area contributed by atoms with E-state index in [1.807, 2.05) is 36.4 Å². The zero-order valence-electron chi connectivity index (χ0n) is 38.5. The molecule has 4 aliphatic heterocycles. The molecular formula is C49H60ClN7O9. The van der Waals surface area contributed by atoms with Crippen molar-refractivity contribution in [2.75, 3.05) is 68.1 Å². The number of fused-ring (bicyclic) bond motifs is 1. The van der Waals surface area contributed by atoms with Gasteiger partial charge in [0.15, 0.2) is 6.73 Å². The molecule has 4 heterocycles. The average molecular weight is 927 g/mol. The molecule has 1 atom stereocenters. The van der Waals surface area contributed by atoms with E-state index in [0.717, 1.165) is 79.8 Å². The molecule has 3 aromatic carbocycles. The fourth-order valence-corrected chi connectivity index (χ4v) is 10.9. The maximum absolute atomic E-state index is 13.7. The van der Waals surface area contributed by atoms with E-state index in [1.54, 1.807) is 38.1 Å². The number of amides is 5. The number of benzene rings is 3. The standard InChI is InChI=1S/C49H60ClN7O9/c1-29(2)65-47(63)64-28-56-40(58)16-15-39(44(56)62)57-42(60)35-13-11-33(25-36(35)43(57)61)55-23-21-53(22-24-55)27-30-17-19-54(20-18-30)32-9-7-31(8-10-32)41(59)52-45-48(3,4)46(49(45,5)6)66-34-12-14-38(51)37(50)26-34/h7-14,25-26,29-30,39,45-46H,15-24,27-28,51H2,1-6H3,(H,52,59). The number of hydrogen-bond acceptors (Lipinski definition) is 13. The first-order chi connectivity index (χ1) is 31.3. The smallest absolute Gasteiger partial charge is 0.489 e. The van der Waals surface area contributed by atoms with Gasteiger partial charge in [-0.3, -0.25) is 33.8 Å². The molecule has 352 valence electrons. The molecule has 16 nitrogen and oxygen atoms in total. The summed E-state index contributed by atoms with van der Waals surface area (Å²) in [5, 5.41) is 3.74. The van der Waals surface area contributed by atoms with Crippen LogP contribution >= 0.6 is 11.6 Å². The lowest BCUT2D eigenvalue weighted by Crippen LogP contribution is -2.74. The normalized spacial score (nSPS) is 23.2. The predicted molar refractivity (Wildman–Crippen MR) is 249 cm³/mol. The van der Waals surface area contributed by atoms with Crippen molar-refractivity contribution in [2.45, 2.75) is 91.5 Å². The van der Waals surface area contributed by atoms with Crippen LogP contribution < -0.4 is 25.6 Å². The molecule has 0 aromatic heterocycles. The van der Waals surface area contributed by atoms with E-state index in [2.05, 4.69) is 47.7 Å². The molecule has 66 heavy (non-hydrogen) atoms.